The number of carbonyl (C=O) groups is 1. The lowest BCUT2D eigenvalue weighted by atomic mass is 10.4. The number of carboxylic acids is 1. The number of hydrogen-bond donors (Lipinski definition) is 2. The highest BCUT2D eigenvalue weighted by Gasteiger charge is 2.17. The van der Waals surface area contributed by atoms with Crippen LogP contribution in [0.4, 0.5) is 5.95 Å². The first-order valence-electron chi connectivity index (χ1n) is 5.83. The predicted molar refractivity (Wildman–Crippen MR) is 68.4 cm³/mol. The van der Waals surface area contributed by atoms with Crippen molar-refractivity contribution in [1.82, 2.24) is 19.5 Å². The third kappa shape index (κ3) is 2.24. The van der Waals surface area contributed by atoms with Crippen molar-refractivity contribution in [2.45, 2.75) is 20.4 Å². The first-order valence-corrected chi connectivity index (χ1v) is 5.83. The zero-order valence-corrected chi connectivity index (χ0v) is 10.5. The van der Waals surface area contributed by atoms with Gasteiger partial charge in [0.15, 0.2) is 5.65 Å². The van der Waals surface area contributed by atoms with Gasteiger partial charge in [0.05, 0.1) is 6.20 Å². The maximum Gasteiger partial charge on any atom is 0.360 e. The second kappa shape index (κ2) is 5.01. The van der Waals surface area contributed by atoms with E-state index in [9.17, 15) is 9.59 Å². The molecular formula is C11H13N5O3. The van der Waals surface area contributed by atoms with Gasteiger partial charge in [0.1, 0.15) is 5.52 Å². The summed E-state index contributed by atoms with van der Waals surface area (Å²) in [6.45, 7) is 4.58. The van der Waals surface area contributed by atoms with Crippen LogP contribution in [0, 0.1) is 0 Å². The van der Waals surface area contributed by atoms with Gasteiger partial charge in [0.25, 0.3) is 5.56 Å². The van der Waals surface area contributed by atoms with Gasteiger partial charge in [-0.05, 0) is 13.8 Å². The molecule has 19 heavy (non-hydrogen) atoms. The fraction of sp³-hybridized carbons (Fsp3) is 0.364. The van der Waals surface area contributed by atoms with Gasteiger partial charge in [-0.3, -0.25) is 9.36 Å². The van der Waals surface area contributed by atoms with Crippen LogP contribution in [0.3, 0.4) is 0 Å². The Labute approximate surface area is 108 Å². The molecule has 0 aromatic carbocycles. The van der Waals surface area contributed by atoms with E-state index in [1.807, 2.05) is 6.92 Å². The fourth-order valence-corrected chi connectivity index (χ4v) is 1.71. The molecule has 0 fully saturated rings. The number of rotatable bonds is 4. The van der Waals surface area contributed by atoms with Gasteiger partial charge in [0, 0.05) is 13.1 Å². The molecule has 0 saturated carbocycles. The topological polar surface area (TPSA) is 110 Å². The second-order valence-corrected chi connectivity index (χ2v) is 3.75. The number of nitrogens with one attached hydrogen (secondary N) is 1. The van der Waals surface area contributed by atoms with E-state index in [0.29, 0.717) is 24.7 Å². The van der Waals surface area contributed by atoms with Crippen molar-refractivity contribution in [2.75, 3.05) is 11.9 Å². The lowest BCUT2D eigenvalue weighted by molar-refractivity contribution is 0.0688. The molecule has 100 valence electrons. The van der Waals surface area contributed by atoms with Gasteiger partial charge in [-0.25, -0.2) is 14.8 Å². The van der Waals surface area contributed by atoms with E-state index in [-0.39, 0.29) is 5.52 Å². The van der Waals surface area contributed by atoms with Crippen LogP contribution in [0.25, 0.3) is 11.2 Å². The molecule has 2 heterocycles. The molecule has 2 aromatic rings. The van der Waals surface area contributed by atoms with Crippen LogP contribution in [0.15, 0.2) is 11.0 Å². The molecular weight excluding hydrogens is 250 g/mol. The maximum atomic E-state index is 12.0. The van der Waals surface area contributed by atoms with E-state index in [0.717, 1.165) is 0 Å². The number of nitrogens with zero attached hydrogens (tertiary/aromatic N) is 4. The van der Waals surface area contributed by atoms with Crippen molar-refractivity contribution in [3.05, 3.63) is 22.2 Å². The van der Waals surface area contributed by atoms with Crippen LogP contribution in [-0.4, -0.2) is 37.1 Å². The summed E-state index contributed by atoms with van der Waals surface area (Å²) in [7, 11) is 0. The average molecular weight is 263 g/mol. The summed E-state index contributed by atoms with van der Waals surface area (Å²) in [4.78, 5) is 34.9. The zero-order chi connectivity index (χ0) is 14.0. The van der Waals surface area contributed by atoms with E-state index in [4.69, 9.17) is 5.11 Å². The third-order valence-electron chi connectivity index (χ3n) is 2.54. The van der Waals surface area contributed by atoms with E-state index < -0.39 is 17.2 Å². The van der Waals surface area contributed by atoms with Gasteiger partial charge < -0.3 is 10.4 Å². The van der Waals surface area contributed by atoms with Crippen LogP contribution >= 0.6 is 0 Å². The highest BCUT2D eigenvalue weighted by molar-refractivity contribution is 5.87. The number of fused-ring (bicyclic) bond motifs is 1. The van der Waals surface area contributed by atoms with Gasteiger partial charge in [-0.1, -0.05) is 0 Å². The number of anilines is 1. The Morgan fingerprint density at radius 3 is 2.74 bits per heavy atom. The molecule has 0 spiro atoms. The Balaban J connectivity index is 2.78. The molecule has 0 atom stereocenters. The minimum atomic E-state index is -1.36. The second-order valence-electron chi connectivity index (χ2n) is 3.75. The molecule has 0 unspecified atom stereocenters. The van der Waals surface area contributed by atoms with Gasteiger partial charge >= 0.3 is 5.97 Å². The van der Waals surface area contributed by atoms with Crippen molar-refractivity contribution < 1.29 is 9.90 Å². The maximum absolute atomic E-state index is 12.0. The Bertz CT molecular complexity index is 695. The summed E-state index contributed by atoms with van der Waals surface area (Å²) >= 11 is 0. The number of aryl methyl sites for hydroxylation is 1. The highest BCUT2D eigenvalue weighted by atomic mass is 16.4. The Hall–Kier alpha value is -2.51. The molecule has 2 aromatic heterocycles. The SMILES string of the molecule is CCNc1ncc2nc(C(=O)O)c(=O)n(CC)c2n1. The highest BCUT2D eigenvalue weighted by Crippen LogP contribution is 2.09. The van der Waals surface area contributed by atoms with E-state index in [1.54, 1.807) is 6.92 Å². The van der Waals surface area contributed by atoms with Crippen molar-refractivity contribution in [3.63, 3.8) is 0 Å². The van der Waals surface area contributed by atoms with Crippen molar-refractivity contribution in [2.24, 2.45) is 0 Å². The van der Waals surface area contributed by atoms with Crippen molar-refractivity contribution in [1.29, 1.82) is 0 Å². The normalized spacial score (nSPS) is 10.6. The number of carboxylic acid groups (broad SMARTS) is 1. The van der Waals surface area contributed by atoms with Crippen LogP contribution in [0.1, 0.15) is 24.3 Å². The van der Waals surface area contributed by atoms with Gasteiger partial charge in [0.2, 0.25) is 11.6 Å². The zero-order valence-electron chi connectivity index (χ0n) is 10.5. The summed E-state index contributed by atoms with van der Waals surface area (Å²) in [6.07, 6.45) is 1.40. The van der Waals surface area contributed by atoms with Crippen molar-refractivity contribution >= 4 is 23.1 Å². The lowest BCUT2D eigenvalue weighted by Crippen LogP contribution is -2.28. The smallest absolute Gasteiger partial charge is 0.360 e. The van der Waals surface area contributed by atoms with E-state index >= 15 is 0 Å². The standard InChI is InChI=1S/C11H13N5O3/c1-3-12-11-13-5-6-8(15-11)16(4-2)9(17)7(14-6)10(18)19/h5H,3-4H2,1-2H3,(H,18,19)(H,12,13,15). The van der Waals surface area contributed by atoms with Gasteiger partial charge in [-0.2, -0.15) is 4.98 Å². The molecule has 0 aliphatic rings. The largest absolute Gasteiger partial charge is 0.476 e. The summed E-state index contributed by atoms with van der Waals surface area (Å²) in [6, 6.07) is 0. The molecule has 0 amide bonds. The summed E-state index contributed by atoms with van der Waals surface area (Å²) in [5.41, 5.74) is -0.582. The fourth-order valence-electron chi connectivity index (χ4n) is 1.71. The third-order valence-corrected chi connectivity index (χ3v) is 2.54. The molecule has 8 heteroatoms. The first kappa shape index (κ1) is 12.9. The minimum absolute atomic E-state index is 0.278. The van der Waals surface area contributed by atoms with Crippen LogP contribution in [0.2, 0.25) is 0 Å². The number of hydrogen-bond acceptors (Lipinski definition) is 6. The predicted octanol–water partition coefficient (Wildman–Crippen LogP) is 0.336. The lowest BCUT2D eigenvalue weighted by Gasteiger charge is -2.09. The monoisotopic (exact) mass is 263 g/mol. The van der Waals surface area contributed by atoms with Crippen LogP contribution in [-0.2, 0) is 6.54 Å². The molecule has 0 saturated heterocycles. The summed E-state index contributed by atoms with van der Waals surface area (Å²) < 4.78 is 1.27. The van der Waals surface area contributed by atoms with Gasteiger partial charge in [-0.15, -0.1) is 0 Å². The Morgan fingerprint density at radius 1 is 1.42 bits per heavy atom. The quantitative estimate of drug-likeness (QED) is 0.818. The number of aromatic carboxylic acids is 1. The molecule has 2 rings (SSSR count). The molecule has 0 bridgehead atoms. The average Bonchev–Trinajstić information content (AvgIpc) is 2.38. The minimum Gasteiger partial charge on any atom is -0.476 e. The molecule has 0 radical (unpaired) electrons. The van der Waals surface area contributed by atoms with E-state index in [1.165, 1.54) is 10.8 Å². The van der Waals surface area contributed by atoms with E-state index in [2.05, 4.69) is 20.3 Å². The summed E-state index contributed by atoms with van der Waals surface area (Å²) in [5, 5.41) is 11.9. The molecule has 0 aliphatic carbocycles. The first-order chi connectivity index (χ1) is 9.08. The van der Waals surface area contributed by atoms with Crippen LogP contribution < -0.4 is 10.9 Å². The summed E-state index contributed by atoms with van der Waals surface area (Å²) in [5.74, 6) is -0.980. The molecule has 8 nitrogen and oxygen atoms in total. The number of aromatic nitrogens is 4. The molecule has 2 N–H and O–H groups in total. The Kier molecular flexibility index (Phi) is 3.41. The molecule has 0 aliphatic heterocycles. The Morgan fingerprint density at radius 2 is 2.16 bits per heavy atom. The van der Waals surface area contributed by atoms with Crippen LogP contribution in [0.5, 0.6) is 0 Å². The van der Waals surface area contributed by atoms with Crippen molar-refractivity contribution in [3.8, 4) is 0 Å².